The Labute approximate surface area is 239 Å². The zero-order valence-electron chi connectivity index (χ0n) is 19.8. The average Bonchev–Trinajstić information content (AvgIpc) is 3.38. The molecule has 172 valence electrons. The van der Waals surface area contributed by atoms with Gasteiger partial charge in [-0.15, -0.1) is 68.1 Å². The second kappa shape index (κ2) is 13.0. The van der Waals surface area contributed by atoms with E-state index in [1.807, 2.05) is 0 Å². The van der Waals surface area contributed by atoms with Crippen LogP contribution in [0.15, 0.2) is 121 Å². The molecule has 6 aromatic carbocycles. The van der Waals surface area contributed by atoms with Crippen molar-refractivity contribution in [2.24, 2.45) is 0 Å². The largest absolute Gasteiger partial charge is 4.00 e. The average molecular weight is 660 g/mol. The van der Waals surface area contributed by atoms with Gasteiger partial charge < -0.3 is 24.8 Å². The second-order valence-corrected chi connectivity index (χ2v) is 8.27. The SMILES string of the molecule is Cc1c(-c2ccccc2)[cH-]c2ccccc12.Cc1c(-c2ccccc2)[cH-]c2ccccc12.[Cl-].[Cl-].[Hf+4]. The van der Waals surface area contributed by atoms with E-state index in [9.17, 15) is 0 Å². The van der Waals surface area contributed by atoms with Crippen LogP contribution in [0.25, 0.3) is 43.8 Å². The topological polar surface area (TPSA) is 0 Å². The van der Waals surface area contributed by atoms with E-state index in [4.69, 9.17) is 0 Å². The Hall–Kier alpha value is -2.45. The normalized spacial score (nSPS) is 9.89. The molecule has 0 bridgehead atoms. The van der Waals surface area contributed by atoms with Crippen molar-refractivity contribution in [1.82, 2.24) is 0 Å². The van der Waals surface area contributed by atoms with Crippen LogP contribution >= 0.6 is 0 Å². The monoisotopic (exact) mass is 660 g/mol. The summed E-state index contributed by atoms with van der Waals surface area (Å²) in [6, 6.07) is 42.8. The third-order valence-electron chi connectivity index (χ3n) is 6.31. The van der Waals surface area contributed by atoms with Crippen molar-refractivity contribution in [2.75, 3.05) is 0 Å². The van der Waals surface area contributed by atoms with E-state index in [0.29, 0.717) is 0 Å². The molecule has 0 heterocycles. The van der Waals surface area contributed by atoms with Gasteiger partial charge in [0.1, 0.15) is 0 Å². The van der Waals surface area contributed by atoms with Crippen molar-refractivity contribution in [3.63, 3.8) is 0 Å². The zero-order chi connectivity index (χ0) is 21.9. The fraction of sp³-hybridized carbons (Fsp3) is 0.0625. The molecule has 0 nitrogen and oxygen atoms in total. The van der Waals surface area contributed by atoms with Crippen LogP contribution in [0.5, 0.6) is 0 Å². The minimum Gasteiger partial charge on any atom is -1.00 e. The number of rotatable bonds is 2. The van der Waals surface area contributed by atoms with Crippen molar-refractivity contribution in [3.8, 4) is 22.3 Å². The summed E-state index contributed by atoms with van der Waals surface area (Å²) in [5, 5.41) is 5.39. The summed E-state index contributed by atoms with van der Waals surface area (Å²) < 4.78 is 0. The molecule has 0 radical (unpaired) electrons. The summed E-state index contributed by atoms with van der Waals surface area (Å²) in [7, 11) is 0. The summed E-state index contributed by atoms with van der Waals surface area (Å²) in [5.74, 6) is 0. The van der Waals surface area contributed by atoms with Gasteiger partial charge in [-0.3, -0.25) is 0 Å². The molecule has 3 heteroatoms. The number of aryl methyl sites for hydroxylation is 2. The van der Waals surface area contributed by atoms with Crippen LogP contribution in [0.3, 0.4) is 0 Å². The molecule has 0 atom stereocenters. The Morgan fingerprint density at radius 2 is 0.743 bits per heavy atom. The van der Waals surface area contributed by atoms with Crippen LogP contribution in [-0.2, 0) is 25.8 Å². The minimum absolute atomic E-state index is 0. The number of hydrogen-bond donors (Lipinski definition) is 0. The van der Waals surface area contributed by atoms with Crippen LogP contribution in [0.1, 0.15) is 11.1 Å². The Morgan fingerprint density at radius 3 is 1.09 bits per heavy atom. The molecule has 6 aromatic rings. The molecule has 0 aliphatic carbocycles. The van der Waals surface area contributed by atoms with Crippen molar-refractivity contribution in [1.29, 1.82) is 0 Å². The molecule has 0 fully saturated rings. The predicted octanol–water partition coefficient (Wildman–Crippen LogP) is 3.07. The summed E-state index contributed by atoms with van der Waals surface area (Å²) in [5.41, 5.74) is 8.06. The van der Waals surface area contributed by atoms with E-state index in [1.165, 1.54) is 54.9 Å². The maximum atomic E-state index is 2.28. The molecule has 35 heavy (non-hydrogen) atoms. The van der Waals surface area contributed by atoms with Gasteiger partial charge in [0.15, 0.2) is 0 Å². The molecule has 0 saturated carbocycles. The smallest absolute Gasteiger partial charge is 1.00 e. The van der Waals surface area contributed by atoms with E-state index in [-0.39, 0.29) is 50.7 Å². The van der Waals surface area contributed by atoms with Crippen LogP contribution in [0, 0.1) is 13.8 Å². The van der Waals surface area contributed by atoms with Gasteiger partial charge in [0.2, 0.25) is 0 Å². The fourth-order valence-electron chi connectivity index (χ4n) is 4.58. The maximum absolute atomic E-state index is 2.28. The third-order valence-corrected chi connectivity index (χ3v) is 6.31. The summed E-state index contributed by atoms with van der Waals surface area (Å²) in [6.45, 7) is 4.40. The van der Waals surface area contributed by atoms with Crippen molar-refractivity contribution < 1.29 is 50.7 Å². The molecule has 0 saturated heterocycles. The maximum Gasteiger partial charge on any atom is 4.00 e. The standard InChI is InChI=1S/2C16H13.2ClH.Hf/c2*1-12-15-10-6-5-9-14(15)11-16(12)13-7-3-2-4-8-13;;;/h2*2-11H,1H3;2*1H;/q2*-1;;;+4/p-2. The summed E-state index contributed by atoms with van der Waals surface area (Å²) in [6.07, 6.45) is 0. The van der Waals surface area contributed by atoms with E-state index in [1.54, 1.807) is 0 Å². The number of benzene rings is 4. The predicted molar refractivity (Wildman–Crippen MR) is 139 cm³/mol. The van der Waals surface area contributed by atoms with Crippen molar-refractivity contribution in [3.05, 3.63) is 132 Å². The number of halogens is 2. The molecule has 0 N–H and O–H groups in total. The van der Waals surface area contributed by atoms with Gasteiger partial charge in [-0.1, -0.05) is 122 Å². The van der Waals surface area contributed by atoms with Crippen LogP contribution in [0.2, 0.25) is 0 Å². The Kier molecular flexibility index (Phi) is 10.7. The van der Waals surface area contributed by atoms with Crippen molar-refractivity contribution >= 4 is 21.5 Å². The molecule has 0 aromatic heterocycles. The quantitative estimate of drug-likeness (QED) is 0.198. The minimum atomic E-state index is 0. The molecule has 6 rings (SSSR count). The summed E-state index contributed by atoms with van der Waals surface area (Å²) >= 11 is 0. The first-order chi connectivity index (χ1) is 15.7. The first-order valence-corrected chi connectivity index (χ1v) is 11.1. The molecule has 0 aliphatic rings. The first kappa shape index (κ1) is 28.8. The summed E-state index contributed by atoms with van der Waals surface area (Å²) in [4.78, 5) is 0. The second-order valence-electron chi connectivity index (χ2n) is 8.27. The third kappa shape index (κ3) is 6.04. The van der Waals surface area contributed by atoms with Gasteiger partial charge in [0.25, 0.3) is 0 Å². The zero-order valence-corrected chi connectivity index (χ0v) is 24.9. The Morgan fingerprint density at radius 1 is 0.429 bits per heavy atom. The molecular formula is C32H26Cl2Hf. The first-order valence-electron chi connectivity index (χ1n) is 11.1. The number of hydrogen-bond acceptors (Lipinski definition) is 0. The van der Waals surface area contributed by atoms with Crippen molar-refractivity contribution in [2.45, 2.75) is 13.8 Å². The molecule has 0 spiro atoms. The number of fused-ring (bicyclic) bond motifs is 2. The van der Waals surface area contributed by atoms with Gasteiger partial charge in [-0.05, 0) is 0 Å². The van der Waals surface area contributed by atoms with E-state index >= 15 is 0 Å². The Bertz CT molecular complexity index is 1360. The molecule has 0 aliphatic heterocycles. The van der Waals surface area contributed by atoms with E-state index in [2.05, 4.69) is 135 Å². The van der Waals surface area contributed by atoms with Crippen LogP contribution < -0.4 is 24.8 Å². The van der Waals surface area contributed by atoms with Crippen LogP contribution in [0.4, 0.5) is 0 Å². The van der Waals surface area contributed by atoms with Gasteiger partial charge in [0, 0.05) is 0 Å². The molecular weight excluding hydrogens is 634 g/mol. The van der Waals surface area contributed by atoms with Crippen LogP contribution in [-0.4, -0.2) is 0 Å². The Balaban J connectivity index is 0.000000227. The molecule has 0 unspecified atom stereocenters. The van der Waals surface area contributed by atoms with Gasteiger partial charge >= 0.3 is 25.8 Å². The van der Waals surface area contributed by atoms with Gasteiger partial charge in [0.05, 0.1) is 0 Å². The van der Waals surface area contributed by atoms with Gasteiger partial charge in [-0.2, -0.15) is 0 Å². The molecule has 0 amide bonds. The fourth-order valence-corrected chi connectivity index (χ4v) is 4.58. The van der Waals surface area contributed by atoms with E-state index < -0.39 is 0 Å². The van der Waals surface area contributed by atoms with E-state index in [0.717, 1.165) is 0 Å². The van der Waals surface area contributed by atoms with Gasteiger partial charge in [-0.25, -0.2) is 0 Å².